The first-order valence-electron chi connectivity index (χ1n) is 8.83. The zero-order valence-electron chi connectivity index (χ0n) is 16.7. The van der Waals surface area contributed by atoms with Crippen molar-refractivity contribution in [3.05, 3.63) is 29.8 Å². The fraction of sp³-hybridized carbons (Fsp3) is 0.550. The zero-order valence-corrected chi connectivity index (χ0v) is 16.7. The predicted octanol–water partition coefficient (Wildman–Crippen LogP) is 2.52. The average Bonchev–Trinajstić information content (AvgIpc) is 2.64. The Morgan fingerprint density at radius 3 is 2.26 bits per heavy atom. The highest BCUT2D eigenvalue weighted by atomic mass is 16.5. The molecule has 1 rings (SSSR count). The minimum absolute atomic E-state index is 0.00287. The number of ketones is 1. The number of nitrogens with one attached hydrogen (secondary N) is 1. The molecule has 0 spiro atoms. The molecule has 7 heteroatoms. The lowest BCUT2D eigenvalue weighted by atomic mass is 10.0. The Labute approximate surface area is 160 Å². The van der Waals surface area contributed by atoms with Gasteiger partial charge in [0.05, 0.1) is 32.3 Å². The minimum Gasteiger partial charge on any atom is -0.497 e. The lowest BCUT2D eigenvalue weighted by Gasteiger charge is -2.30. The second-order valence-electron chi connectivity index (χ2n) is 6.92. The molecular formula is C20H29NO6. The Kier molecular flexibility index (Phi) is 8.94. The standard InChI is InChI=1S/C20H29NO6/c1-14(22)10-11-20(2,3)27-17(12-18(23)26-5)13-21-19(24)15-6-8-16(25-4)9-7-15/h6-9,17H,10-13H2,1-5H3,(H,21,24)/t17-/m0/s1. The van der Waals surface area contributed by atoms with Gasteiger partial charge in [-0.25, -0.2) is 0 Å². The maximum Gasteiger partial charge on any atom is 0.308 e. The van der Waals surface area contributed by atoms with Crippen LogP contribution in [0.3, 0.4) is 0 Å². The summed E-state index contributed by atoms with van der Waals surface area (Å²) in [6, 6.07) is 6.70. The fourth-order valence-electron chi connectivity index (χ4n) is 2.46. The normalized spacial score (nSPS) is 12.2. The van der Waals surface area contributed by atoms with Gasteiger partial charge in [0.25, 0.3) is 5.91 Å². The van der Waals surface area contributed by atoms with Crippen molar-refractivity contribution in [2.75, 3.05) is 20.8 Å². The first-order valence-corrected chi connectivity index (χ1v) is 8.83. The third-order valence-corrected chi connectivity index (χ3v) is 4.03. The van der Waals surface area contributed by atoms with Crippen LogP contribution in [0, 0.1) is 0 Å². The van der Waals surface area contributed by atoms with Gasteiger partial charge in [0.1, 0.15) is 11.5 Å². The summed E-state index contributed by atoms with van der Waals surface area (Å²) in [4.78, 5) is 35.2. The van der Waals surface area contributed by atoms with Crippen molar-refractivity contribution < 1.29 is 28.6 Å². The Bertz CT molecular complexity index is 638. The SMILES string of the molecule is COC(=O)C[C@@H](CNC(=O)c1ccc(OC)cc1)OC(C)(C)CCC(C)=O. The Morgan fingerprint density at radius 1 is 1.11 bits per heavy atom. The van der Waals surface area contributed by atoms with E-state index in [1.807, 2.05) is 13.8 Å². The number of hydrogen-bond acceptors (Lipinski definition) is 6. The Morgan fingerprint density at radius 2 is 1.74 bits per heavy atom. The van der Waals surface area contributed by atoms with Gasteiger partial charge in [-0.05, 0) is 51.5 Å². The van der Waals surface area contributed by atoms with Gasteiger partial charge in [0.2, 0.25) is 0 Å². The molecule has 0 aliphatic heterocycles. The van der Waals surface area contributed by atoms with Crippen LogP contribution in [0.5, 0.6) is 5.75 Å². The molecule has 150 valence electrons. The summed E-state index contributed by atoms with van der Waals surface area (Å²) < 4.78 is 15.8. The summed E-state index contributed by atoms with van der Waals surface area (Å²) >= 11 is 0. The fourth-order valence-corrected chi connectivity index (χ4v) is 2.46. The van der Waals surface area contributed by atoms with E-state index in [1.165, 1.54) is 14.0 Å². The summed E-state index contributed by atoms with van der Waals surface area (Å²) in [5.41, 5.74) is -0.140. The van der Waals surface area contributed by atoms with Gasteiger partial charge in [-0.15, -0.1) is 0 Å². The van der Waals surface area contributed by atoms with Crippen molar-refractivity contribution in [2.24, 2.45) is 0 Å². The predicted molar refractivity (Wildman–Crippen MR) is 101 cm³/mol. The van der Waals surface area contributed by atoms with E-state index in [9.17, 15) is 14.4 Å². The van der Waals surface area contributed by atoms with E-state index in [4.69, 9.17) is 14.2 Å². The number of ether oxygens (including phenoxy) is 3. The molecule has 1 aromatic rings. The zero-order chi connectivity index (χ0) is 20.4. The number of rotatable bonds is 11. The van der Waals surface area contributed by atoms with E-state index in [1.54, 1.807) is 31.4 Å². The average molecular weight is 379 g/mol. The van der Waals surface area contributed by atoms with Crippen molar-refractivity contribution >= 4 is 17.7 Å². The topological polar surface area (TPSA) is 90.9 Å². The summed E-state index contributed by atoms with van der Waals surface area (Å²) in [6.45, 7) is 5.37. The molecule has 7 nitrogen and oxygen atoms in total. The van der Waals surface area contributed by atoms with Gasteiger partial charge in [0.15, 0.2) is 0 Å². The maximum atomic E-state index is 12.3. The largest absolute Gasteiger partial charge is 0.497 e. The molecule has 0 heterocycles. The molecule has 1 N–H and O–H groups in total. The number of esters is 1. The molecule has 0 radical (unpaired) electrons. The highest BCUT2D eigenvalue weighted by Gasteiger charge is 2.26. The molecule has 0 aliphatic carbocycles. The number of benzene rings is 1. The van der Waals surface area contributed by atoms with Crippen LogP contribution < -0.4 is 10.1 Å². The number of carbonyl (C=O) groups excluding carboxylic acids is 3. The highest BCUT2D eigenvalue weighted by Crippen LogP contribution is 2.21. The summed E-state index contributed by atoms with van der Waals surface area (Å²) in [5, 5.41) is 2.77. The molecule has 0 unspecified atom stereocenters. The highest BCUT2D eigenvalue weighted by molar-refractivity contribution is 5.94. The number of Topliss-reactive ketones (excluding diaryl/α,β-unsaturated/α-hetero) is 1. The molecule has 0 aromatic heterocycles. The van der Waals surface area contributed by atoms with Crippen molar-refractivity contribution in [3.63, 3.8) is 0 Å². The molecule has 0 saturated carbocycles. The summed E-state index contributed by atoms with van der Waals surface area (Å²) in [7, 11) is 2.86. The first-order chi connectivity index (χ1) is 12.7. The molecule has 27 heavy (non-hydrogen) atoms. The quantitative estimate of drug-likeness (QED) is 0.594. The third-order valence-electron chi connectivity index (χ3n) is 4.03. The summed E-state index contributed by atoms with van der Waals surface area (Å²) in [6.07, 6.45) is 0.340. The van der Waals surface area contributed by atoms with Gasteiger partial charge in [-0.2, -0.15) is 0 Å². The van der Waals surface area contributed by atoms with E-state index in [-0.39, 0.29) is 24.7 Å². The van der Waals surface area contributed by atoms with Gasteiger partial charge >= 0.3 is 5.97 Å². The van der Waals surface area contributed by atoms with Crippen LogP contribution in [0.1, 0.15) is 50.4 Å². The molecular weight excluding hydrogens is 350 g/mol. The van der Waals surface area contributed by atoms with Gasteiger partial charge < -0.3 is 24.3 Å². The van der Waals surface area contributed by atoms with Gasteiger partial charge in [0, 0.05) is 18.5 Å². The second-order valence-corrected chi connectivity index (χ2v) is 6.92. The third kappa shape index (κ3) is 8.68. The second kappa shape index (κ2) is 10.7. The monoisotopic (exact) mass is 379 g/mol. The number of amides is 1. The van der Waals surface area contributed by atoms with Crippen molar-refractivity contribution in [1.29, 1.82) is 0 Å². The first kappa shape index (κ1) is 22.6. The number of methoxy groups -OCH3 is 2. The van der Waals surface area contributed by atoms with Crippen LogP contribution in [0.15, 0.2) is 24.3 Å². The Balaban J connectivity index is 2.71. The van der Waals surface area contributed by atoms with Gasteiger partial charge in [-0.1, -0.05) is 0 Å². The molecule has 0 aliphatic rings. The van der Waals surface area contributed by atoms with Crippen molar-refractivity contribution in [1.82, 2.24) is 5.32 Å². The lowest BCUT2D eigenvalue weighted by Crippen LogP contribution is -2.40. The van der Waals surface area contributed by atoms with Crippen LogP contribution in [0.2, 0.25) is 0 Å². The maximum absolute atomic E-state index is 12.3. The van der Waals surface area contributed by atoms with E-state index in [2.05, 4.69) is 5.32 Å². The number of carbonyl (C=O) groups is 3. The molecule has 0 fully saturated rings. The van der Waals surface area contributed by atoms with Crippen molar-refractivity contribution in [3.8, 4) is 5.75 Å². The molecule has 0 bridgehead atoms. The van der Waals surface area contributed by atoms with Crippen LogP contribution in [-0.2, 0) is 19.1 Å². The van der Waals surface area contributed by atoms with Crippen molar-refractivity contribution in [2.45, 2.75) is 51.7 Å². The van der Waals surface area contributed by atoms with Crippen LogP contribution in [0.25, 0.3) is 0 Å². The van der Waals surface area contributed by atoms with E-state index in [0.717, 1.165) is 0 Å². The van der Waals surface area contributed by atoms with Crippen LogP contribution >= 0.6 is 0 Å². The van der Waals surface area contributed by atoms with E-state index >= 15 is 0 Å². The van der Waals surface area contributed by atoms with E-state index in [0.29, 0.717) is 24.2 Å². The van der Waals surface area contributed by atoms with Crippen LogP contribution in [-0.4, -0.2) is 50.1 Å². The van der Waals surface area contributed by atoms with Crippen LogP contribution in [0.4, 0.5) is 0 Å². The number of hydrogen-bond donors (Lipinski definition) is 1. The minimum atomic E-state index is -0.616. The summed E-state index contributed by atoms with van der Waals surface area (Å²) in [5.74, 6) is 0.0217. The molecule has 0 saturated heterocycles. The van der Waals surface area contributed by atoms with E-state index < -0.39 is 17.7 Å². The molecule has 1 atom stereocenters. The lowest BCUT2D eigenvalue weighted by molar-refractivity contribution is -0.148. The molecule has 1 aromatic carbocycles. The Hall–Kier alpha value is -2.41. The smallest absolute Gasteiger partial charge is 0.308 e. The van der Waals surface area contributed by atoms with Gasteiger partial charge in [-0.3, -0.25) is 9.59 Å². The molecule has 1 amide bonds.